The molecule has 0 spiro atoms. The van der Waals surface area contributed by atoms with E-state index in [9.17, 15) is 29.4 Å². The number of rotatable bonds is 1. The van der Waals surface area contributed by atoms with Crippen LogP contribution in [-0.2, 0) is 0 Å². The van der Waals surface area contributed by atoms with Crippen molar-refractivity contribution in [3.8, 4) is 11.5 Å². The Labute approximate surface area is 146 Å². The molecule has 0 radical (unpaired) electrons. The van der Waals surface area contributed by atoms with Crippen LogP contribution in [0.25, 0.3) is 0 Å². The number of hydrogen-bond donors (Lipinski definition) is 2. The van der Waals surface area contributed by atoms with Crippen molar-refractivity contribution in [2.24, 2.45) is 0 Å². The zero-order chi connectivity index (χ0) is 18.6. The number of benzene rings is 2. The average Bonchev–Trinajstić information content (AvgIpc) is 2.61. The van der Waals surface area contributed by atoms with E-state index < -0.39 is 23.1 Å². The van der Waals surface area contributed by atoms with Crippen molar-refractivity contribution in [1.29, 1.82) is 0 Å². The van der Waals surface area contributed by atoms with Crippen molar-refractivity contribution in [2.75, 3.05) is 0 Å². The second-order valence-corrected chi connectivity index (χ2v) is 5.90. The van der Waals surface area contributed by atoms with Gasteiger partial charge in [0.15, 0.2) is 23.1 Å². The molecule has 0 bridgehead atoms. The highest BCUT2D eigenvalue weighted by Crippen LogP contribution is 2.36. The van der Waals surface area contributed by atoms with Gasteiger partial charge in [0.2, 0.25) is 0 Å². The van der Waals surface area contributed by atoms with Crippen molar-refractivity contribution >= 4 is 23.1 Å². The van der Waals surface area contributed by atoms with E-state index in [0.29, 0.717) is 0 Å². The smallest absolute Gasteiger partial charge is 0.198 e. The lowest BCUT2D eigenvalue weighted by Crippen LogP contribution is -2.25. The fourth-order valence-electron chi connectivity index (χ4n) is 3.20. The lowest BCUT2D eigenvalue weighted by atomic mass is 9.79. The summed E-state index contributed by atoms with van der Waals surface area (Å²) >= 11 is 0. The molecule has 0 amide bonds. The van der Waals surface area contributed by atoms with E-state index in [1.807, 2.05) is 0 Å². The van der Waals surface area contributed by atoms with E-state index in [1.165, 1.54) is 36.4 Å². The van der Waals surface area contributed by atoms with Gasteiger partial charge in [0.25, 0.3) is 0 Å². The molecule has 4 rings (SSSR count). The lowest BCUT2D eigenvalue weighted by molar-refractivity contribution is 0.0960. The fraction of sp³-hybridized carbons (Fsp3) is 0. The van der Waals surface area contributed by atoms with Crippen LogP contribution in [0.3, 0.4) is 0 Å². The van der Waals surface area contributed by atoms with Crippen molar-refractivity contribution in [3.05, 3.63) is 82.0 Å². The molecule has 126 valence electrons. The first kappa shape index (κ1) is 15.7. The number of phenolic OH excluding ortho intramolecular Hbond substituents is 2. The number of fused-ring (bicyclic) bond motifs is 2. The van der Waals surface area contributed by atoms with Crippen LogP contribution in [0.4, 0.5) is 0 Å². The number of aromatic hydroxyl groups is 2. The van der Waals surface area contributed by atoms with Gasteiger partial charge in [-0.2, -0.15) is 0 Å². The van der Waals surface area contributed by atoms with Gasteiger partial charge in [-0.15, -0.1) is 0 Å². The van der Waals surface area contributed by atoms with Gasteiger partial charge in [-0.05, 0) is 24.3 Å². The monoisotopic (exact) mass is 346 g/mol. The molecule has 0 aromatic heterocycles. The van der Waals surface area contributed by atoms with E-state index in [1.54, 1.807) is 0 Å². The van der Waals surface area contributed by atoms with Crippen LogP contribution in [0.15, 0.2) is 59.7 Å². The first-order chi connectivity index (χ1) is 12.4. The maximum atomic E-state index is 12.8. The number of Topliss-reactive ketones (excluding diaryl/α,β-unsaturated/α-hetero) is 2. The normalized spacial score (nSPS) is 16.0. The number of hydrogen-bond acceptors (Lipinski definition) is 6. The van der Waals surface area contributed by atoms with Crippen LogP contribution >= 0.6 is 0 Å². The third kappa shape index (κ3) is 2.05. The van der Waals surface area contributed by atoms with Crippen LogP contribution in [0, 0.1) is 0 Å². The van der Waals surface area contributed by atoms with Crippen LogP contribution in [0.5, 0.6) is 11.5 Å². The van der Waals surface area contributed by atoms with Crippen LogP contribution in [0.2, 0.25) is 0 Å². The Bertz CT molecular complexity index is 1120. The van der Waals surface area contributed by atoms with Gasteiger partial charge in [0.05, 0.1) is 11.1 Å². The second-order valence-electron chi connectivity index (χ2n) is 5.90. The van der Waals surface area contributed by atoms with Crippen molar-refractivity contribution in [1.82, 2.24) is 0 Å². The van der Waals surface area contributed by atoms with E-state index in [2.05, 4.69) is 0 Å². The predicted molar refractivity (Wildman–Crippen MR) is 89.7 cm³/mol. The van der Waals surface area contributed by atoms with Gasteiger partial charge in [-0.1, -0.05) is 24.3 Å². The van der Waals surface area contributed by atoms with Crippen LogP contribution in [0.1, 0.15) is 41.4 Å². The number of carbonyl (C=O) groups excluding carboxylic acids is 4. The average molecular weight is 346 g/mol. The molecule has 0 saturated carbocycles. The Morgan fingerprint density at radius 2 is 1.12 bits per heavy atom. The predicted octanol–water partition coefficient (Wildman–Crippen LogP) is 2.41. The maximum absolute atomic E-state index is 12.8. The minimum atomic E-state index is -0.714. The quantitative estimate of drug-likeness (QED) is 0.821. The van der Waals surface area contributed by atoms with Gasteiger partial charge in [0.1, 0.15) is 11.5 Å². The summed E-state index contributed by atoms with van der Waals surface area (Å²) in [6.45, 7) is 0. The topological polar surface area (TPSA) is 109 Å². The molecular weight excluding hydrogens is 336 g/mol. The number of allylic oxidation sites excluding steroid dienone is 4. The lowest BCUT2D eigenvalue weighted by Gasteiger charge is -2.20. The van der Waals surface area contributed by atoms with Gasteiger partial charge in [-0.25, -0.2) is 0 Å². The molecule has 0 heterocycles. The van der Waals surface area contributed by atoms with Crippen molar-refractivity contribution in [3.63, 3.8) is 0 Å². The molecule has 2 aliphatic carbocycles. The molecule has 6 nitrogen and oxygen atoms in total. The fourth-order valence-corrected chi connectivity index (χ4v) is 3.20. The highest BCUT2D eigenvalue weighted by atomic mass is 16.3. The summed E-state index contributed by atoms with van der Waals surface area (Å²) < 4.78 is 0. The van der Waals surface area contributed by atoms with Gasteiger partial charge in [-0.3, -0.25) is 19.2 Å². The molecular formula is C20H10O6. The van der Waals surface area contributed by atoms with Crippen LogP contribution in [-0.4, -0.2) is 33.3 Å². The minimum absolute atomic E-state index is 0.0342. The molecule has 0 unspecified atom stereocenters. The molecule has 2 aromatic carbocycles. The zero-order valence-corrected chi connectivity index (χ0v) is 13.1. The van der Waals surface area contributed by atoms with Gasteiger partial charge >= 0.3 is 0 Å². The second kappa shape index (κ2) is 5.35. The molecule has 6 heteroatoms. The van der Waals surface area contributed by atoms with Crippen molar-refractivity contribution in [2.45, 2.75) is 0 Å². The molecule has 26 heavy (non-hydrogen) atoms. The summed E-state index contributed by atoms with van der Waals surface area (Å²) in [6.07, 6.45) is 1.93. The largest absolute Gasteiger partial charge is 0.507 e. The summed E-state index contributed by atoms with van der Waals surface area (Å²) in [7, 11) is 0. The summed E-state index contributed by atoms with van der Waals surface area (Å²) in [5.74, 6) is -3.26. The van der Waals surface area contributed by atoms with E-state index in [4.69, 9.17) is 0 Å². The zero-order valence-electron chi connectivity index (χ0n) is 13.1. The minimum Gasteiger partial charge on any atom is -0.507 e. The van der Waals surface area contributed by atoms with Crippen LogP contribution < -0.4 is 0 Å². The maximum Gasteiger partial charge on any atom is 0.198 e. The third-order valence-corrected chi connectivity index (χ3v) is 4.40. The third-order valence-electron chi connectivity index (χ3n) is 4.40. The molecule has 2 N–H and O–H groups in total. The number of ketones is 4. The number of carbonyl (C=O) groups is 4. The Balaban J connectivity index is 1.89. The summed E-state index contributed by atoms with van der Waals surface area (Å²) in [5.41, 5.74) is -0.835. The SMILES string of the molecule is O=C1C=C(C2=CC(=O)c3c(O)cccc3C2=O)C(=O)c2c(O)cccc21. The molecule has 0 saturated heterocycles. The van der Waals surface area contributed by atoms with Crippen molar-refractivity contribution < 1.29 is 29.4 Å². The highest BCUT2D eigenvalue weighted by Gasteiger charge is 2.36. The molecule has 2 aromatic rings. The Hall–Kier alpha value is -3.80. The Morgan fingerprint density at radius 1 is 0.577 bits per heavy atom. The Kier molecular flexibility index (Phi) is 3.23. The first-order valence-electron chi connectivity index (χ1n) is 7.66. The summed E-state index contributed by atoms with van der Waals surface area (Å²) in [6, 6.07) is 8.16. The van der Waals surface area contributed by atoms with E-state index in [0.717, 1.165) is 12.2 Å². The first-order valence-corrected chi connectivity index (χ1v) is 7.66. The molecule has 0 aliphatic heterocycles. The standard InChI is InChI=1S/C20H10O6/c21-13-5-2-4-10-17(13)16(24)8-11(19(10)25)12-7-15(23)9-3-1-6-14(22)18(9)20(12)26/h1-8,21-22H. The van der Waals surface area contributed by atoms with E-state index in [-0.39, 0.29) is 44.9 Å². The highest BCUT2D eigenvalue weighted by molar-refractivity contribution is 6.35. The Morgan fingerprint density at radius 3 is 1.81 bits per heavy atom. The molecule has 0 atom stereocenters. The van der Waals surface area contributed by atoms with Gasteiger partial charge < -0.3 is 10.2 Å². The summed E-state index contributed by atoms with van der Waals surface area (Å²) in [4.78, 5) is 50.2. The van der Waals surface area contributed by atoms with E-state index >= 15 is 0 Å². The van der Waals surface area contributed by atoms with Gasteiger partial charge in [0, 0.05) is 22.3 Å². The molecule has 0 fully saturated rings. The summed E-state index contributed by atoms with van der Waals surface area (Å²) in [5, 5.41) is 19.8. The molecule has 2 aliphatic rings. The number of phenols is 2.